The monoisotopic (exact) mass is 962 g/mol. The van der Waals surface area contributed by atoms with E-state index in [2.05, 4.69) is 0 Å². The first-order valence-electron chi connectivity index (χ1n) is 24.5. The van der Waals surface area contributed by atoms with Crippen molar-refractivity contribution in [2.45, 2.75) is 115 Å². The van der Waals surface area contributed by atoms with E-state index in [1.54, 1.807) is 20.8 Å². The van der Waals surface area contributed by atoms with Gasteiger partial charge in [0, 0.05) is 5.92 Å². The highest BCUT2D eigenvalue weighted by Gasteiger charge is 2.52. The van der Waals surface area contributed by atoms with Crippen LogP contribution >= 0.6 is 0 Å². The van der Waals surface area contributed by atoms with Crippen LogP contribution in [0.15, 0.2) is 194 Å². The van der Waals surface area contributed by atoms with Crippen LogP contribution in [0.4, 0.5) is 4.79 Å². The average molecular weight is 963 g/mol. The molecule has 372 valence electrons. The van der Waals surface area contributed by atoms with Crippen LogP contribution in [0.2, 0.25) is 0 Å². The van der Waals surface area contributed by atoms with Crippen molar-refractivity contribution in [1.82, 2.24) is 0 Å². The van der Waals surface area contributed by atoms with Crippen LogP contribution in [0.5, 0.6) is 0 Å². The normalized spacial score (nSPS) is 23.2. The van der Waals surface area contributed by atoms with Gasteiger partial charge < -0.3 is 47.4 Å². The maximum atomic E-state index is 13.2. The van der Waals surface area contributed by atoms with Gasteiger partial charge in [0.25, 0.3) is 0 Å². The number of hydrogen-bond acceptors (Lipinski definition) is 11. The lowest BCUT2D eigenvalue weighted by Crippen LogP contribution is -2.63. The van der Waals surface area contributed by atoms with Gasteiger partial charge in [-0.1, -0.05) is 194 Å². The maximum absolute atomic E-state index is 13.2. The second-order valence-electron chi connectivity index (χ2n) is 18.8. The summed E-state index contributed by atoms with van der Waals surface area (Å²) in [6.07, 6.45) is -3.16. The summed E-state index contributed by atoms with van der Waals surface area (Å²) in [5, 5.41) is 0. The molecule has 8 rings (SSSR count). The third-order valence-corrected chi connectivity index (χ3v) is 12.1. The second-order valence-corrected chi connectivity index (χ2v) is 18.8. The van der Waals surface area contributed by atoms with Crippen LogP contribution in [0, 0.1) is 5.92 Å². The zero-order valence-corrected chi connectivity index (χ0v) is 40.8. The van der Waals surface area contributed by atoms with E-state index in [4.69, 9.17) is 47.4 Å². The molecule has 71 heavy (non-hydrogen) atoms. The van der Waals surface area contributed by atoms with Crippen LogP contribution in [-0.2, 0) is 87.0 Å². The molecule has 9 atom stereocenters. The van der Waals surface area contributed by atoms with Crippen LogP contribution in [0.3, 0.4) is 0 Å². The van der Waals surface area contributed by atoms with Crippen molar-refractivity contribution in [2.24, 2.45) is 5.92 Å². The number of hydrogen-bond donors (Lipinski definition) is 0. The number of rotatable bonds is 23. The quantitative estimate of drug-likeness (QED) is 0.0452. The van der Waals surface area contributed by atoms with E-state index in [0.29, 0.717) is 13.2 Å². The Morgan fingerprint density at radius 2 is 0.831 bits per heavy atom. The van der Waals surface area contributed by atoms with Crippen LogP contribution in [0.25, 0.3) is 0 Å². The largest absolute Gasteiger partial charge is 0.508 e. The molecule has 6 aromatic carbocycles. The lowest BCUT2D eigenvalue weighted by molar-refractivity contribution is -0.347. The van der Waals surface area contributed by atoms with E-state index in [1.165, 1.54) is 0 Å². The predicted molar refractivity (Wildman–Crippen MR) is 270 cm³/mol. The summed E-state index contributed by atoms with van der Waals surface area (Å²) < 4.78 is 67.3. The number of ether oxygens (including phenoxy) is 10. The molecule has 0 saturated carbocycles. The van der Waals surface area contributed by atoms with Gasteiger partial charge in [-0.3, -0.25) is 0 Å². The van der Waals surface area contributed by atoms with Crippen molar-refractivity contribution in [3.8, 4) is 0 Å². The highest BCUT2D eigenvalue weighted by Crippen LogP contribution is 2.36. The molecule has 9 unspecified atom stereocenters. The molecule has 0 radical (unpaired) electrons. The Morgan fingerprint density at radius 1 is 0.437 bits per heavy atom. The summed E-state index contributed by atoms with van der Waals surface area (Å²) >= 11 is 0. The van der Waals surface area contributed by atoms with Crippen LogP contribution in [-0.4, -0.2) is 74.0 Å². The Hall–Kier alpha value is -5.99. The van der Waals surface area contributed by atoms with Crippen LogP contribution < -0.4 is 0 Å². The first kappa shape index (κ1) is 51.4. The molecule has 11 heteroatoms. The Balaban J connectivity index is 1.18. The minimum absolute atomic E-state index is 0.0880. The van der Waals surface area contributed by atoms with Gasteiger partial charge in [-0.05, 0) is 54.2 Å². The molecule has 6 aromatic rings. The highest BCUT2D eigenvalue weighted by atomic mass is 16.7. The lowest BCUT2D eigenvalue weighted by atomic mass is 9.88. The van der Waals surface area contributed by atoms with Gasteiger partial charge in [0.05, 0.1) is 52.4 Å². The molecule has 2 aliphatic rings. The predicted octanol–water partition coefficient (Wildman–Crippen LogP) is 11.4. The van der Waals surface area contributed by atoms with E-state index in [1.807, 2.05) is 194 Å². The lowest BCUT2D eigenvalue weighted by Gasteiger charge is -2.48. The first-order valence-corrected chi connectivity index (χ1v) is 24.5. The zero-order valence-electron chi connectivity index (χ0n) is 40.8. The molecule has 11 nitrogen and oxygen atoms in total. The fourth-order valence-electron chi connectivity index (χ4n) is 8.56. The van der Waals surface area contributed by atoms with E-state index in [-0.39, 0.29) is 39.6 Å². The molecular weight excluding hydrogens is 897 g/mol. The standard InChI is InChI=1S/C60H66O11/c1-60(2,3)71-59(61)68-42-50-34-35-51(63-37-45-24-12-5-13-25-45)54(64-38-46-26-14-6-15-27-46)53(50)70-58-57(67-41-49-32-20-9-21-33-49)56(66-40-48-30-18-8-19-31-48)55(65-39-47-28-16-7-17-29-47)52(69-58)43-62-36-44-22-10-4-11-23-44/h4-35,50-58H,36-43H2,1-3H3. The summed E-state index contributed by atoms with van der Waals surface area (Å²) in [6, 6.07) is 59.9. The van der Waals surface area contributed by atoms with E-state index in [9.17, 15) is 4.79 Å². The number of carbonyl (C=O) groups is 1. The minimum atomic E-state index is -1.10. The molecule has 1 saturated heterocycles. The van der Waals surface area contributed by atoms with Gasteiger partial charge in [0.15, 0.2) is 6.29 Å². The molecule has 0 bridgehead atoms. The fraction of sp³-hybridized carbons (Fsp3) is 0.350. The Morgan fingerprint density at radius 3 is 1.28 bits per heavy atom. The molecule has 0 N–H and O–H groups in total. The average Bonchev–Trinajstić information content (AvgIpc) is 3.39. The SMILES string of the molecule is CC(C)(C)OC(=O)OCC1C=CC(OCc2ccccc2)C(OCc2ccccc2)C1OC1OC(COCc2ccccc2)C(OCc2ccccc2)C(OCc2ccccc2)C1OCc1ccccc1. The third-order valence-electron chi connectivity index (χ3n) is 12.1. The molecule has 0 amide bonds. The molecular formula is C60H66O11. The van der Waals surface area contributed by atoms with Gasteiger partial charge in [-0.15, -0.1) is 0 Å². The van der Waals surface area contributed by atoms with Crippen molar-refractivity contribution < 1.29 is 52.2 Å². The Kier molecular flexibility index (Phi) is 19.1. The Bertz CT molecular complexity index is 2450. The van der Waals surface area contributed by atoms with E-state index >= 15 is 0 Å². The third kappa shape index (κ3) is 16.0. The van der Waals surface area contributed by atoms with Crippen molar-refractivity contribution in [3.63, 3.8) is 0 Å². The molecule has 0 aromatic heterocycles. The summed E-state index contributed by atoms with van der Waals surface area (Å²) in [4.78, 5) is 13.2. The highest BCUT2D eigenvalue weighted by molar-refractivity contribution is 5.60. The summed E-state index contributed by atoms with van der Waals surface area (Å²) in [5.74, 6) is -0.554. The molecule has 1 aliphatic heterocycles. The summed E-state index contributed by atoms with van der Waals surface area (Å²) in [5.41, 5.74) is 5.12. The topological polar surface area (TPSA) is 109 Å². The van der Waals surface area contributed by atoms with Gasteiger partial charge in [-0.2, -0.15) is 0 Å². The number of benzene rings is 6. The van der Waals surface area contributed by atoms with Gasteiger partial charge >= 0.3 is 6.16 Å². The van der Waals surface area contributed by atoms with Gasteiger partial charge in [0.2, 0.25) is 0 Å². The zero-order chi connectivity index (χ0) is 49.1. The molecule has 1 fully saturated rings. The molecule has 0 spiro atoms. The van der Waals surface area contributed by atoms with Crippen molar-refractivity contribution in [2.75, 3.05) is 13.2 Å². The van der Waals surface area contributed by atoms with Crippen molar-refractivity contribution in [3.05, 3.63) is 228 Å². The molecule has 1 heterocycles. The molecule has 1 aliphatic carbocycles. The fourth-order valence-corrected chi connectivity index (χ4v) is 8.56. The van der Waals surface area contributed by atoms with E-state index in [0.717, 1.165) is 33.4 Å². The maximum Gasteiger partial charge on any atom is 0.508 e. The summed E-state index contributed by atoms with van der Waals surface area (Å²) in [6.45, 7) is 7.09. The Labute approximate surface area is 418 Å². The number of carbonyl (C=O) groups excluding carboxylic acids is 1. The van der Waals surface area contributed by atoms with Gasteiger partial charge in [-0.25, -0.2) is 4.79 Å². The van der Waals surface area contributed by atoms with Crippen LogP contribution in [0.1, 0.15) is 54.2 Å². The van der Waals surface area contributed by atoms with Crippen molar-refractivity contribution in [1.29, 1.82) is 0 Å². The second kappa shape index (κ2) is 26.5. The van der Waals surface area contributed by atoms with E-state index < -0.39 is 66.7 Å². The smallest absolute Gasteiger partial charge is 0.434 e. The minimum Gasteiger partial charge on any atom is -0.434 e. The summed E-state index contributed by atoms with van der Waals surface area (Å²) in [7, 11) is 0. The first-order chi connectivity index (χ1) is 34.7. The van der Waals surface area contributed by atoms with Crippen molar-refractivity contribution >= 4 is 6.16 Å². The van der Waals surface area contributed by atoms with Gasteiger partial charge in [0.1, 0.15) is 48.8 Å².